The second kappa shape index (κ2) is 4.77. The molecule has 1 aromatic heterocycles. The predicted octanol–water partition coefficient (Wildman–Crippen LogP) is 3.57. The number of anilines is 2. The topological polar surface area (TPSA) is 50.9 Å². The van der Waals surface area contributed by atoms with E-state index in [9.17, 15) is 0 Å². The molecule has 20 heavy (non-hydrogen) atoms. The number of nitrogen functional groups attached to an aromatic ring is 1. The quantitative estimate of drug-likeness (QED) is 0.906. The molecule has 2 aliphatic carbocycles. The minimum Gasteiger partial charge on any atom is -0.383 e. The number of aryl methyl sites for hydroxylation is 1. The molecular formula is C16H19N3S. The molecule has 1 atom stereocenters. The van der Waals surface area contributed by atoms with Crippen molar-refractivity contribution in [2.45, 2.75) is 44.1 Å². The molecule has 2 aliphatic rings. The van der Waals surface area contributed by atoms with E-state index in [0.717, 1.165) is 12.2 Å². The minimum atomic E-state index is 0.516. The summed E-state index contributed by atoms with van der Waals surface area (Å²) < 4.78 is 4.34. The second-order valence-electron chi connectivity index (χ2n) is 5.94. The number of nitrogens with one attached hydrogen (secondary N) is 1. The molecule has 0 spiro atoms. The van der Waals surface area contributed by atoms with Gasteiger partial charge in [0.25, 0.3) is 0 Å². The van der Waals surface area contributed by atoms with E-state index in [4.69, 9.17) is 5.73 Å². The van der Waals surface area contributed by atoms with Gasteiger partial charge in [-0.2, -0.15) is 4.37 Å². The SMILES string of the molecule is Nc1nsc(NC2CCc3ccccc3C2)c1C1CC1. The average Bonchev–Trinajstić information content (AvgIpc) is 3.24. The molecule has 4 heteroatoms. The maximum absolute atomic E-state index is 6.02. The highest BCUT2D eigenvalue weighted by molar-refractivity contribution is 7.10. The van der Waals surface area contributed by atoms with Crippen molar-refractivity contribution < 1.29 is 0 Å². The number of nitrogens with two attached hydrogens (primary N) is 1. The fraction of sp³-hybridized carbons (Fsp3) is 0.438. The Labute approximate surface area is 123 Å². The Morgan fingerprint density at radius 1 is 1.15 bits per heavy atom. The zero-order valence-corrected chi connectivity index (χ0v) is 12.2. The van der Waals surface area contributed by atoms with Gasteiger partial charge in [0.1, 0.15) is 10.8 Å². The van der Waals surface area contributed by atoms with Crippen LogP contribution in [0.1, 0.15) is 41.9 Å². The van der Waals surface area contributed by atoms with E-state index >= 15 is 0 Å². The molecule has 1 heterocycles. The summed E-state index contributed by atoms with van der Waals surface area (Å²) in [7, 11) is 0. The van der Waals surface area contributed by atoms with E-state index in [-0.39, 0.29) is 0 Å². The summed E-state index contributed by atoms with van der Waals surface area (Å²) in [4.78, 5) is 0. The second-order valence-corrected chi connectivity index (χ2v) is 6.71. The summed E-state index contributed by atoms with van der Waals surface area (Å²) in [6, 6.07) is 9.31. The van der Waals surface area contributed by atoms with E-state index in [2.05, 4.69) is 34.0 Å². The van der Waals surface area contributed by atoms with Crippen LogP contribution in [-0.2, 0) is 12.8 Å². The molecule has 3 N–H and O–H groups in total. The summed E-state index contributed by atoms with van der Waals surface area (Å²) in [6.45, 7) is 0. The molecule has 4 rings (SSSR count). The largest absolute Gasteiger partial charge is 0.383 e. The number of hydrogen-bond donors (Lipinski definition) is 2. The third-order valence-corrected chi connectivity index (χ3v) is 5.23. The summed E-state index contributed by atoms with van der Waals surface area (Å²) >= 11 is 1.53. The van der Waals surface area contributed by atoms with Gasteiger partial charge in [0.05, 0.1) is 0 Å². The predicted molar refractivity (Wildman–Crippen MR) is 84.4 cm³/mol. The highest BCUT2D eigenvalue weighted by Crippen LogP contribution is 2.48. The number of aromatic nitrogens is 1. The number of fused-ring (bicyclic) bond motifs is 1. The number of rotatable bonds is 3. The van der Waals surface area contributed by atoms with Crippen LogP contribution in [-0.4, -0.2) is 10.4 Å². The monoisotopic (exact) mass is 285 g/mol. The molecule has 2 aromatic rings. The summed E-state index contributed by atoms with van der Waals surface area (Å²) in [5, 5.41) is 4.93. The normalized spacial score (nSPS) is 21.5. The van der Waals surface area contributed by atoms with Crippen molar-refractivity contribution in [1.29, 1.82) is 0 Å². The van der Waals surface area contributed by atoms with Crippen molar-refractivity contribution in [2.75, 3.05) is 11.1 Å². The highest BCUT2D eigenvalue weighted by Gasteiger charge is 2.31. The van der Waals surface area contributed by atoms with Crippen LogP contribution in [0.2, 0.25) is 0 Å². The lowest BCUT2D eigenvalue weighted by atomic mass is 9.88. The average molecular weight is 285 g/mol. The molecule has 0 saturated heterocycles. The molecule has 104 valence electrons. The van der Waals surface area contributed by atoms with Crippen LogP contribution >= 0.6 is 11.5 Å². The Bertz CT molecular complexity index is 630. The number of hydrogen-bond acceptors (Lipinski definition) is 4. The van der Waals surface area contributed by atoms with E-state index in [1.807, 2.05) is 0 Å². The summed E-state index contributed by atoms with van der Waals surface area (Å²) in [6.07, 6.45) is 6.01. The first-order valence-corrected chi connectivity index (χ1v) is 8.17. The van der Waals surface area contributed by atoms with Crippen LogP contribution in [0, 0.1) is 0 Å². The lowest BCUT2D eigenvalue weighted by Crippen LogP contribution is -2.27. The maximum atomic E-state index is 6.02. The Kier molecular flexibility index (Phi) is 2.91. The standard InChI is InChI=1S/C16H19N3S/c17-15-14(11-5-6-11)16(20-19-15)18-13-8-7-10-3-1-2-4-12(10)9-13/h1-4,11,13,18H,5-9H2,(H2,17,19). The van der Waals surface area contributed by atoms with E-state index in [1.54, 1.807) is 0 Å². The maximum Gasteiger partial charge on any atom is 0.142 e. The van der Waals surface area contributed by atoms with Crippen LogP contribution in [0.15, 0.2) is 24.3 Å². The molecule has 1 fully saturated rings. The first kappa shape index (κ1) is 12.2. The highest BCUT2D eigenvalue weighted by atomic mass is 32.1. The number of nitrogens with zero attached hydrogens (tertiary/aromatic N) is 1. The van der Waals surface area contributed by atoms with Gasteiger partial charge in [0, 0.05) is 11.6 Å². The van der Waals surface area contributed by atoms with Crippen molar-refractivity contribution in [3.05, 3.63) is 41.0 Å². The Morgan fingerprint density at radius 3 is 2.75 bits per heavy atom. The van der Waals surface area contributed by atoms with Crippen LogP contribution in [0.4, 0.5) is 10.8 Å². The first-order chi connectivity index (χ1) is 9.81. The van der Waals surface area contributed by atoms with Crippen molar-refractivity contribution in [3.8, 4) is 0 Å². The van der Waals surface area contributed by atoms with Gasteiger partial charge in [-0.15, -0.1) is 0 Å². The first-order valence-electron chi connectivity index (χ1n) is 7.39. The van der Waals surface area contributed by atoms with Crippen molar-refractivity contribution in [1.82, 2.24) is 4.37 Å². The zero-order chi connectivity index (χ0) is 13.5. The Hall–Kier alpha value is -1.55. The van der Waals surface area contributed by atoms with Gasteiger partial charge in [0.2, 0.25) is 0 Å². The molecule has 1 aromatic carbocycles. The molecular weight excluding hydrogens is 266 g/mol. The van der Waals surface area contributed by atoms with Gasteiger partial charge in [-0.3, -0.25) is 0 Å². The van der Waals surface area contributed by atoms with Gasteiger partial charge in [-0.05, 0) is 60.7 Å². The third kappa shape index (κ3) is 2.18. The van der Waals surface area contributed by atoms with Gasteiger partial charge in [-0.25, -0.2) is 0 Å². The zero-order valence-electron chi connectivity index (χ0n) is 11.4. The molecule has 0 aliphatic heterocycles. The summed E-state index contributed by atoms with van der Waals surface area (Å²) in [5.41, 5.74) is 10.3. The molecule has 1 unspecified atom stereocenters. The lowest BCUT2D eigenvalue weighted by Gasteiger charge is -2.26. The summed E-state index contributed by atoms with van der Waals surface area (Å²) in [5.74, 6) is 1.41. The van der Waals surface area contributed by atoms with Gasteiger partial charge in [0.15, 0.2) is 0 Å². The van der Waals surface area contributed by atoms with Crippen molar-refractivity contribution in [3.63, 3.8) is 0 Å². The van der Waals surface area contributed by atoms with Crippen LogP contribution in [0.25, 0.3) is 0 Å². The smallest absolute Gasteiger partial charge is 0.142 e. The van der Waals surface area contributed by atoms with Crippen LogP contribution in [0.5, 0.6) is 0 Å². The molecule has 0 bridgehead atoms. The molecule has 1 saturated carbocycles. The third-order valence-electron chi connectivity index (χ3n) is 4.42. The van der Waals surface area contributed by atoms with Crippen molar-refractivity contribution in [2.24, 2.45) is 0 Å². The number of benzene rings is 1. The van der Waals surface area contributed by atoms with Gasteiger partial charge >= 0.3 is 0 Å². The van der Waals surface area contributed by atoms with Gasteiger partial charge < -0.3 is 11.1 Å². The van der Waals surface area contributed by atoms with Gasteiger partial charge in [-0.1, -0.05) is 24.3 Å². The van der Waals surface area contributed by atoms with Crippen LogP contribution in [0.3, 0.4) is 0 Å². The van der Waals surface area contributed by atoms with E-state index in [1.165, 1.54) is 58.9 Å². The minimum absolute atomic E-state index is 0.516. The van der Waals surface area contributed by atoms with Crippen molar-refractivity contribution >= 4 is 22.4 Å². The molecule has 0 radical (unpaired) electrons. The fourth-order valence-corrected chi connectivity index (χ4v) is 4.06. The molecule has 0 amide bonds. The lowest BCUT2D eigenvalue weighted by molar-refractivity contribution is 0.611. The molecule has 3 nitrogen and oxygen atoms in total. The fourth-order valence-electron chi connectivity index (χ4n) is 3.19. The Morgan fingerprint density at radius 2 is 1.95 bits per heavy atom. The Balaban J connectivity index is 1.53. The van der Waals surface area contributed by atoms with E-state index < -0.39 is 0 Å². The van der Waals surface area contributed by atoms with E-state index in [0.29, 0.717) is 12.0 Å². The van der Waals surface area contributed by atoms with Crippen LogP contribution < -0.4 is 11.1 Å².